The number of nitrogens with zero attached hydrogens (tertiary/aromatic N) is 1. The van der Waals surface area contributed by atoms with Gasteiger partial charge in [0, 0.05) is 12.8 Å². The Hall–Kier alpha value is -1.11. The molecule has 0 aromatic carbocycles. The van der Waals surface area contributed by atoms with Crippen molar-refractivity contribution in [2.45, 2.75) is 39.3 Å². The third kappa shape index (κ3) is 3.68. The summed E-state index contributed by atoms with van der Waals surface area (Å²) in [6.07, 6.45) is 1.12. The minimum atomic E-state index is -3.18. The van der Waals surface area contributed by atoms with E-state index in [1.54, 1.807) is 13.8 Å². The van der Waals surface area contributed by atoms with Crippen LogP contribution < -0.4 is 5.32 Å². The van der Waals surface area contributed by atoms with Crippen molar-refractivity contribution in [2.75, 3.05) is 18.6 Å². The van der Waals surface area contributed by atoms with E-state index in [1.807, 2.05) is 13.8 Å². The van der Waals surface area contributed by atoms with Crippen LogP contribution in [-0.4, -0.2) is 55.3 Å². The van der Waals surface area contributed by atoms with Crippen molar-refractivity contribution in [2.24, 2.45) is 5.92 Å². The van der Waals surface area contributed by atoms with Crippen LogP contribution in [0.25, 0.3) is 0 Å². The summed E-state index contributed by atoms with van der Waals surface area (Å²) in [5, 5.41) is 2.68. The first kappa shape index (κ1) is 15.9. The Bertz CT molecular complexity index is 482. The van der Waals surface area contributed by atoms with Crippen molar-refractivity contribution < 1.29 is 18.0 Å². The fourth-order valence-electron chi connectivity index (χ4n) is 2.23. The molecule has 110 valence electrons. The first-order chi connectivity index (χ1) is 8.46. The van der Waals surface area contributed by atoms with Crippen molar-refractivity contribution in [1.82, 2.24) is 10.2 Å². The Morgan fingerprint density at radius 2 is 1.84 bits per heavy atom. The lowest BCUT2D eigenvalue weighted by Gasteiger charge is -2.44. The zero-order chi connectivity index (χ0) is 15.0. The zero-order valence-electron chi connectivity index (χ0n) is 12.1. The molecule has 0 bridgehead atoms. The van der Waals surface area contributed by atoms with E-state index in [9.17, 15) is 18.0 Å². The highest BCUT2D eigenvalue weighted by molar-refractivity contribution is 7.90. The molecule has 1 unspecified atom stereocenters. The van der Waals surface area contributed by atoms with Gasteiger partial charge in [0.25, 0.3) is 0 Å². The number of nitrogens with one attached hydrogen (secondary N) is 1. The minimum absolute atomic E-state index is 0.0529. The highest BCUT2D eigenvalue weighted by Gasteiger charge is 2.46. The second kappa shape index (κ2) is 5.11. The number of amides is 2. The first-order valence-corrected chi connectivity index (χ1v) is 8.32. The molecule has 2 amide bonds. The molecule has 6 nitrogen and oxygen atoms in total. The van der Waals surface area contributed by atoms with Crippen molar-refractivity contribution in [3.63, 3.8) is 0 Å². The highest BCUT2D eigenvalue weighted by atomic mass is 32.2. The van der Waals surface area contributed by atoms with Crippen molar-refractivity contribution in [3.05, 3.63) is 0 Å². The van der Waals surface area contributed by atoms with Gasteiger partial charge in [-0.25, -0.2) is 8.42 Å². The maximum atomic E-state index is 12.3. The molecule has 19 heavy (non-hydrogen) atoms. The third-order valence-electron chi connectivity index (χ3n) is 3.17. The SMILES string of the molecule is CC(C)C1C(=O)NC(C)(C)C(=O)N1CCS(C)(=O)=O. The van der Waals surface area contributed by atoms with E-state index in [-0.39, 0.29) is 30.0 Å². The largest absolute Gasteiger partial charge is 0.340 e. The van der Waals surface area contributed by atoms with Gasteiger partial charge in [-0.15, -0.1) is 0 Å². The summed E-state index contributed by atoms with van der Waals surface area (Å²) in [6, 6.07) is -0.609. The summed E-state index contributed by atoms with van der Waals surface area (Å²) in [4.78, 5) is 25.8. The predicted octanol–water partition coefficient (Wildman–Crippen LogP) is -0.207. The van der Waals surface area contributed by atoms with Crippen LogP contribution in [0.15, 0.2) is 0 Å². The summed E-state index contributed by atoms with van der Waals surface area (Å²) in [5.41, 5.74) is -0.986. The molecule has 0 aromatic rings. The van der Waals surface area contributed by atoms with Gasteiger partial charge >= 0.3 is 0 Å². The lowest BCUT2D eigenvalue weighted by atomic mass is 9.91. The lowest BCUT2D eigenvalue weighted by Crippen LogP contribution is -2.69. The van der Waals surface area contributed by atoms with Crippen LogP contribution in [0, 0.1) is 5.92 Å². The average Bonchev–Trinajstić information content (AvgIpc) is 2.18. The molecule has 0 aliphatic carbocycles. The quantitative estimate of drug-likeness (QED) is 0.776. The number of sulfone groups is 1. The van der Waals surface area contributed by atoms with E-state index in [2.05, 4.69) is 5.32 Å². The molecular weight excluding hydrogens is 268 g/mol. The summed E-state index contributed by atoms with van der Waals surface area (Å²) >= 11 is 0. The molecule has 1 saturated heterocycles. The fourth-order valence-corrected chi connectivity index (χ4v) is 2.76. The highest BCUT2D eigenvalue weighted by Crippen LogP contribution is 2.22. The molecule has 7 heteroatoms. The summed E-state index contributed by atoms with van der Waals surface area (Å²) < 4.78 is 22.5. The van der Waals surface area contributed by atoms with E-state index in [0.29, 0.717) is 0 Å². The summed E-state index contributed by atoms with van der Waals surface area (Å²) in [6.45, 7) is 6.97. The normalized spacial score (nSPS) is 23.7. The Balaban J connectivity index is 3.03. The number of hydrogen-bond donors (Lipinski definition) is 1. The maximum absolute atomic E-state index is 12.3. The Kier molecular flexibility index (Phi) is 4.29. The fraction of sp³-hybridized carbons (Fsp3) is 0.833. The van der Waals surface area contributed by atoms with Gasteiger partial charge in [-0.1, -0.05) is 13.8 Å². The lowest BCUT2D eigenvalue weighted by molar-refractivity contribution is -0.154. The molecule has 0 radical (unpaired) electrons. The molecule has 0 spiro atoms. The van der Waals surface area contributed by atoms with Crippen molar-refractivity contribution >= 4 is 21.7 Å². The van der Waals surface area contributed by atoms with Crippen LogP contribution in [0.4, 0.5) is 0 Å². The molecule has 1 fully saturated rings. The minimum Gasteiger partial charge on any atom is -0.340 e. The predicted molar refractivity (Wildman–Crippen MR) is 72.3 cm³/mol. The van der Waals surface area contributed by atoms with Gasteiger partial charge in [0.05, 0.1) is 5.75 Å². The molecule has 1 aliphatic heterocycles. The van der Waals surface area contributed by atoms with E-state index in [0.717, 1.165) is 6.26 Å². The number of carbonyl (C=O) groups is 2. The van der Waals surface area contributed by atoms with Gasteiger partial charge < -0.3 is 10.2 Å². The standard InChI is InChI=1S/C12H22N2O4S/c1-8(2)9-10(15)13-12(3,4)11(16)14(9)6-7-19(5,17)18/h8-9H,6-7H2,1-5H3,(H,13,15). The van der Waals surface area contributed by atoms with E-state index < -0.39 is 21.4 Å². The Labute approximate surface area is 114 Å². The smallest absolute Gasteiger partial charge is 0.248 e. The van der Waals surface area contributed by atoms with Crippen LogP contribution in [0.5, 0.6) is 0 Å². The molecule has 1 atom stereocenters. The zero-order valence-corrected chi connectivity index (χ0v) is 12.9. The molecule has 1 N–H and O–H groups in total. The van der Waals surface area contributed by atoms with Gasteiger partial charge in [0.1, 0.15) is 21.4 Å². The number of rotatable bonds is 4. The van der Waals surface area contributed by atoms with Gasteiger partial charge in [0.2, 0.25) is 11.8 Å². The molecule has 0 saturated carbocycles. The van der Waals surface area contributed by atoms with Crippen molar-refractivity contribution in [3.8, 4) is 0 Å². The van der Waals surface area contributed by atoms with Crippen molar-refractivity contribution in [1.29, 1.82) is 0 Å². The Morgan fingerprint density at radius 1 is 1.32 bits per heavy atom. The van der Waals surface area contributed by atoms with E-state index in [1.165, 1.54) is 4.90 Å². The van der Waals surface area contributed by atoms with Crippen LogP contribution in [-0.2, 0) is 19.4 Å². The molecular formula is C12H22N2O4S. The Morgan fingerprint density at radius 3 is 2.26 bits per heavy atom. The number of piperazine rings is 1. The van der Waals surface area contributed by atoms with Gasteiger partial charge in [0.15, 0.2) is 0 Å². The van der Waals surface area contributed by atoms with Gasteiger partial charge in [-0.2, -0.15) is 0 Å². The molecule has 1 heterocycles. The third-order valence-corrected chi connectivity index (χ3v) is 4.09. The van der Waals surface area contributed by atoms with Crippen LogP contribution in [0.1, 0.15) is 27.7 Å². The number of hydrogen-bond acceptors (Lipinski definition) is 4. The van der Waals surface area contributed by atoms with E-state index >= 15 is 0 Å². The maximum Gasteiger partial charge on any atom is 0.248 e. The van der Waals surface area contributed by atoms with E-state index in [4.69, 9.17) is 0 Å². The topological polar surface area (TPSA) is 83.6 Å². The number of carbonyl (C=O) groups excluding carboxylic acids is 2. The average molecular weight is 290 g/mol. The molecule has 0 aromatic heterocycles. The summed E-state index contributed by atoms with van der Waals surface area (Å²) in [7, 11) is -3.18. The second-order valence-corrected chi connectivity index (χ2v) is 8.19. The van der Waals surface area contributed by atoms with Crippen LogP contribution in [0.3, 0.4) is 0 Å². The summed E-state index contributed by atoms with van der Waals surface area (Å²) in [5.74, 6) is -0.673. The van der Waals surface area contributed by atoms with Gasteiger partial charge in [-0.05, 0) is 19.8 Å². The molecule has 1 aliphatic rings. The van der Waals surface area contributed by atoms with Crippen LogP contribution in [0.2, 0.25) is 0 Å². The van der Waals surface area contributed by atoms with Crippen LogP contribution >= 0.6 is 0 Å². The monoisotopic (exact) mass is 290 g/mol. The first-order valence-electron chi connectivity index (χ1n) is 6.26. The van der Waals surface area contributed by atoms with Gasteiger partial charge in [-0.3, -0.25) is 9.59 Å². The molecule has 1 rings (SSSR count). The second-order valence-electron chi connectivity index (χ2n) is 5.93.